The fraction of sp³-hybridized carbons (Fsp3) is 0.300. The van der Waals surface area contributed by atoms with Crippen LogP contribution in [0.25, 0.3) is 0 Å². The van der Waals surface area contributed by atoms with Crippen molar-refractivity contribution in [3.8, 4) is 0 Å². The Kier molecular flexibility index (Phi) is 7.69. The van der Waals surface area contributed by atoms with Gasteiger partial charge in [-0.25, -0.2) is 9.97 Å². The van der Waals surface area contributed by atoms with Gasteiger partial charge in [-0.1, -0.05) is 46.9 Å². The molecule has 0 spiro atoms. The third kappa shape index (κ3) is 5.47. The average molecular weight is 505 g/mol. The molecule has 1 unspecified atom stereocenters. The third-order valence-electron chi connectivity index (χ3n) is 4.26. The van der Waals surface area contributed by atoms with Crippen molar-refractivity contribution in [2.75, 3.05) is 0 Å². The van der Waals surface area contributed by atoms with E-state index in [4.69, 9.17) is 34.8 Å². The molecule has 0 fully saturated rings. The van der Waals surface area contributed by atoms with Crippen LogP contribution >= 0.6 is 46.1 Å². The topological polar surface area (TPSA) is 81.1 Å². The van der Waals surface area contributed by atoms with Crippen LogP contribution < -0.4 is 4.72 Å². The molecule has 2 aromatic heterocycles. The van der Waals surface area contributed by atoms with Crippen LogP contribution in [0, 0.1) is 0 Å². The van der Waals surface area contributed by atoms with Crippen LogP contribution in [0.3, 0.4) is 0 Å². The number of benzene rings is 1. The average Bonchev–Trinajstić information content (AvgIpc) is 3.06. The summed E-state index contributed by atoms with van der Waals surface area (Å²) >= 11 is 18.7. The van der Waals surface area contributed by atoms with Crippen LogP contribution in [-0.4, -0.2) is 24.4 Å². The highest BCUT2D eigenvalue weighted by molar-refractivity contribution is 7.90. The van der Waals surface area contributed by atoms with Crippen LogP contribution in [-0.2, 0) is 11.4 Å². The summed E-state index contributed by atoms with van der Waals surface area (Å²) in [6, 6.07) is 8.56. The van der Waals surface area contributed by atoms with Gasteiger partial charge in [0.2, 0.25) is 0 Å². The molecule has 0 saturated heterocycles. The number of hydrogen-bond donors (Lipinski definition) is 2. The Morgan fingerprint density at radius 3 is 2.53 bits per heavy atom. The second-order valence-electron chi connectivity index (χ2n) is 7.54. The molecule has 0 saturated carbocycles. The van der Waals surface area contributed by atoms with Gasteiger partial charge in [0.25, 0.3) is 0 Å². The molecular weight excluding hydrogens is 485 g/mol. The van der Waals surface area contributed by atoms with Crippen LogP contribution in [0.2, 0.25) is 14.5 Å². The number of nitrogens with zero attached hydrogens (tertiary/aromatic N) is 2. The van der Waals surface area contributed by atoms with Gasteiger partial charge in [0, 0.05) is 38.6 Å². The van der Waals surface area contributed by atoms with Crippen LogP contribution in [0.5, 0.6) is 0 Å². The third-order valence-corrected chi connectivity index (χ3v) is 7.81. The lowest BCUT2D eigenvalue weighted by atomic mass is 10.0. The Morgan fingerprint density at radius 1 is 1.17 bits per heavy atom. The van der Waals surface area contributed by atoms with Crippen LogP contribution in [0.4, 0.5) is 0 Å². The summed E-state index contributed by atoms with van der Waals surface area (Å²) < 4.78 is 16.0. The Hall–Kier alpha value is -0.900. The lowest BCUT2D eigenvalue weighted by Gasteiger charge is -2.28. The van der Waals surface area contributed by atoms with Gasteiger partial charge in [-0.05, 0) is 44.5 Å². The van der Waals surface area contributed by atoms with E-state index in [1.54, 1.807) is 18.2 Å². The lowest BCUT2D eigenvalue weighted by molar-refractivity contribution is 0.223. The van der Waals surface area contributed by atoms with Gasteiger partial charge < -0.3 is 9.66 Å². The first-order valence-electron chi connectivity index (χ1n) is 8.94. The van der Waals surface area contributed by atoms with Gasteiger partial charge in [-0.2, -0.15) is 0 Å². The minimum Gasteiger partial charge on any atom is -0.598 e. The highest BCUT2D eigenvalue weighted by atomic mass is 35.5. The van der Waals surface area contributed by atoms with Crippen molar-refractivity contribution >= 4 is 57.5 Å². The van der Waals surface area contributed by atoms with E-state index in [9.17, 15) is 9.66 Å². The standard InChI is InChI=1S/C20H20Cl3N3O2S2/c1-20(2,3)30(28)26-16(11-5-4-6-12(21)7-11)13-8-15(29-19(13)23)17(27)14-9-24-10-25-18(14)22/h4-10,16-17,26-27H,1-3H3/t16-,17+,30?/m0/s1. The van der Waals surface area contributed by atoms with Gasteiger partial charge in [0.1, 0.15) is 28.4 Å². The number of nitrogens with one attached hydrogen (secondary N) is 1. The van der Waals surface area contributed by atoms with Crippen molar-refractivity contribution in [3.05, 3.63) is 78.9 Å². The minimum absolute atomic E-state index is 0.168. The van der Waals surface area contributed by atoms with E-state index in [1.807, 2.05) is 32.9 Å². The van der Waals surface area contributed by atoms with Crippen molar-refractivity contribution in [1.82, 2.24) is 14.7 Å². The second kappa shape index (κ2) is 9.71. The molecule has 2 N–H and O–H groups in total. The maximum Gasteiger partial charge on any atom is 0.138 e. The molecule has 3 rings (SSSR count). The normalized spacial score (nSPS) is 15.1. The van der Waals surface area contributed by atoms with Gasteiger partial charge in [-0.3, -0.25) is 0 Å². The number of hydrogen-bond acceptors (Lipinski definition) is 6. The molecule has 0 aliphatic carbocycles. The summed E-state index contributed by atoms with van der Waals surface area (Å²) in [5.74, 6) is 0. The number of rotatable bonds is 6. The van der Waals surface area contributed by atoms with Crippen molar-refractivity contribution < 1.29 is 9.66 Å². The maximum absolute atomic E-state index is 12.9. The van der Waals surface area contributed by atoms with E-state index in [0.717, 1.165) is 5.56 Å². The fourth-order valence-electron chi connectivity index (χ4n) is 2.68. The van der Waals surface area contributed by atoms with Gasteiger partial charge in [0.05, 0.1) is 4.34 Å². The maximum atomic E-state index is 12.9. The Labute approximate surface area is 197 Å². The Balaban J connectivity index is 2.02. The number of aliphatic hydroxyl groups is 1. The van der Waals surface area contributed by atoms with Crippen molar-refractivity contribution in [2.45, 2.75) is 37.7 Å². The molecule has 1 aromatic carbocycles. The minimum atomic E-state index is -1.38. The Bertz CT molecular complexity index is 1030. The largest absolute Gasteiger partial charge is 0.598 e. The zero-order valence-electron chi connectivity index (χ0n) is 16.4. The molecule has 0 bridgehead atoms. The molecular formula is C20H20Cl3N3O2S2. The lowest BCUT2D eigenvalue weighted by Crippen LogP contribution is -2.41. The molecule has 30 heavy (non-hydrogen) atoms. The summed E-state index contributed by atoms with van der Waals surface area (Å²) in [5, 5.41) is 11.5. The first-order chi connectivity index (χ1) is 14.1. The van der Waals surface area contributed by atoms with Crippen LogP contribution in [0.15, 0.2) is 42.9 Å². The summed E-state index contributed by atoms with van der Waals surface area (Å²) in [4.78, 5) is 8.41. The second-order valence-corrected chi connectivity index (χ2v) is 12.0. The van der Waals surface area contributed by atoms with E-state index in [-0.39, 0.29) is 5.15 Å². The SMILES string of the molecule is CC(C)(C)[S+]([O-])N[C@@H](c1cccc(Cl)c1)c1cc([C@H](O)c2cncnc2Cl)sc1Cl. The smallest absolute Gasteiger partial charge is 0.138 e. The molecule has 3 aromatic rings. The quantitative estimate of drug-likeness (QED) is 0.331. The highest BCUT2D eigenvalue weighted by Gasteiger charge is 2.33. The summed E-state index contributed by atoms with van der Waals surface area (Å²) in [6.07, 6.45) is 1.74. The van der Waals surface area contributed by atoms with Crippen molar-refractivity contribution in [1.29, 1.82) is 0 Å². The van der Waals surface area contributed by atoms with Gasteiger partial charge in [0.15, 0.2) is 0 Å². The number of thiophene rings is 1. The van der Waals surface area contributed by atoms with E-state index in [1.165, 1.54) is 23.9 Å². The van der Waals surface area contributed by atoms with Crippen molar-refractivity contribution in [2.24, 2.45) is 0 Å². The molecule has 0 aliphatic heterocycles. The number of aromatic nitrogens is 2. The van der Waals surface area contributed by atoms with Gasteiger partial charge >= 0.3 is 0 Å². The molecule has 0 radical (unpaired) electrons. The number of halogens is 3. The van der Waals surface area contributed by atoms with E-state index in [2.05, 4.69) is 14.7 Å². The molecule has 160 valence electrons. The summed E-state index contributed by atoms with van der Waals surface area (Å²) in [7, 11) is 0. The first-order valence-corrected chi connectivity index (χ1v) is 12.0. The molecule has 5 nitrogen and oxygen atoms in total. The molecule has 0 aliphatic rings. The predicted octanol–water partition coefficient (Wildman–Crippen LogP) is 5.72. The highest BCUT2D eigenvalue weighted by Crippen LogP contribution is 2.41. The zero-order chi connectivity index (χ0) is 22.1. The fourth-order valence-corrected chi connectivity index (χ4v) is 5.26. The van der Waals surface area contributed by atoms with Gasteiger partial charge in [-0.15, -0.1) is 16.1 Å². The van der Waals surface area contributed by atoms with E-state index in [0.29, 0.717) is 25.4 Å². The molecule has 2 heterocycles. The molecule has 0 amide bonds. The van der Waals surface area contributed by atoms with E-state index < -0.39 is 28.3 Å². The predicted molar refractivity (Wildman–Crippen MR) is 125 cm³/mol. The molecule has 10 heteroatoms. The van der Waals surface area contributed by atoms with Crippen molar-refractivity contribution in [3.63, 3.8) is 0 Å². The molecule has 3 atom stereocenters. The zero-order valence-corrected chi connectivity index (χ0v) is 20.3. The summed E-state index contributed by atoms with van der Waals surface area (Å²) in [6.45, 7) is 5.65. The monoisotopic (exact) mass is 503 g/mol. The Morgan fingerprint density at radius 2 is 1.90 bits per heavy atom. The summed E-state index contributed by atoms with van der Waals surface area (Å²) in [5.41, 5.74) is 1.87. The number of aliphatic hydroxyl groups excluding tert-OH is 1. The van der Waals surface area contributed by atoms with E-state index >= 15 is 0 Å². The first kappa shape index (κ1) is 23.8. The van der Waals surface area contributed by atoms with Crippen LogP contribution in [0.1, 0.15) is 54.5 Å².